The number of anilines is 2. The third kappa shape index (κ3) is 18.7. The molecule has 0 aromatic heterocycles. The Bertz CT molecular complexity index is 3650. The van der Waals surface area contributed by atoms with Crippen molar-refractivity contribution in [2.24, 2.45) is 70.0 Å². The van der Waals surface area contributed by atoms with E-state index in [1.54, 1.807) is 62.5 Å². The molecule has 8 aliphatic rings. The molecule has 4 bridgehead atoms. The van der Waals surface area contributed by atoms with E-state index in [9.17, 15) is 44.4 Å². The number of rotatable bonds is 29. The van der Waals surface area contributed by atoms with Crippen LogP contribution in [0.4, 0.5) is 11.4 Å². The van der Waals surface area contributed by atoms with Gasteiger partial charge in [0.1, 0.15) is 35.8 Å². The van der Waals surface area contributed by atoms with Gasteiger partial charge in [0, 0.05) is 101 Å². The zero-order valence-corrected chi connectivity index (χ0v) is 65.8. The smallest absolute Gasteiger partial charge is 0.251 e. The van der Waals surface area contributed by atoms with E-state index in [4.69, 9.17) is 24.9 Å². The fraction of sp³-hybridized carbons (Fsp3) is 0.646. The van der Waals surface area contributed by atoms with E-state index in [1.807, 2.05) is 81.6 Å². The minimum atomic E-state index is -0.925. The van der Waals surface area contributed by atoms with Gasteiger partial charge >= 0.3 is 0 Å². The maximum Gasteiger partial charge on any atom is 0.251 e. The van der Waals surface area contributed by atoms with Crippen LogP contribution in [-0.4, -0.2) is 199 Å². The van der Waals surface area contributed by atoms with Gasteiger partial charge in [0.2, 0.25) is 17.7 Å². The van der Waals surface area contributed by atoms with Crippen LogP contribution in [0.3, 0.4) is 0 Å². The fourth-order valence-electron chi connectivity index (χ4n) is 18.7. The number of nitrogens with zero attached hydrogens (tertiary/aromatic N) is 4. The number of nitrogens with one attached hydrogen (secondary N) is 5. The summed E-state index contributed by atoms with van der Waals surface area (Å²) in [6, 6.07) is 20.2. The average molecular weight is 1460 g/mol. The minimum absolute atomic E-state index is 0.0163. The Labute approximate surface area is 623 Å². The number of carbonyl (C=O) groups excluding carboxylic acids is 5. The van der Waals surface area contributed by atoms with Gasteiger partial charge in [-0.1, -0.05) is 106 Å². The van der Waals surface area contributed by atoms with Crippen LogP contribution < -0.4 is 41.8 Å². The first-order valence-electron chi connectivity index (χ1n) is 38.1. The molecule has 105 heavy (non-hydrogen) atoms. The number of hydrogen-bond donors (Lipinski definition) is 10. The van der Waals surface area contributed by atoms with Gasteiger partial charge in [0.25, 0.3) is 11.8 Å². The van der Waals surface area contributed by atoms with Crippen LogP contribution in [0.5, 0.6) is 11.5 Å². The van der Waals surface area contributed by atoms with Crippen LogP contribution in [0.2, 0.25) is 0 Å². The molecule has 2 heterocycles. The fourth-order valence-corrected chi connectivity index (χ4v) is 18.7. The highest BCUT2D eigenvalue weighted by atomic mass is 16.7. The first-order valence-corrected chi connectivity index (χ1v) is 38.1. The Hall–Kier alpha value is -6.77. The van der Waals surface area contributed by atoms with Crippen LogP contribution in [0, 0.1) is 70.0 Å². The van der Waals surface area contributed by atoms with Crippen molar-refractivity contribution in [3.63, 3.8) is 0 Å². The molecule has 580 valence electrons. The van der Waals surface area contributed by atoms with Gasteiger partial charge in [-0.3, -0.25) is 33.6 Å². The summed E-state index contributed by atoms with van der Waals surface area (Å²) < 4.78 is 12.0. The number of aliphatic hydroxyl groups excluding tert-OH is 4. The highest BCUT2D eigenvalue weighted by molar-refractivity contribution is 5.99. The summed E-state index contributed by atoms with van der Waals surface area (Å²) in [6.45, 7) is 28.0. The lowest BCUT2D eigenvalue weighted by molar-refractivity contribution is -0.183. The summed E-state index contributed by atoms with van der Waals surface area (Å²) in [5.41, 5.74) is 12.9. The Morgan fingerprint density at radius 3 is 1.34 bits per heavy atom. The van der Waals surface area contributed by atoms with Crippen molar-refractivity contribution in [3.05, 3.63) is 95.1 Å². The second kappa shape index (κ2) is 34.6. The normalized spacial score (nSPS) is 27.8. The number of nitrogens with two attached hydrogens (primary N) is 1. The number of likely N-dealkylation sites (N-methyl/N-ethyl adjacent to an activating group) is 2. The highest BCUT2D eigenvalue weighted by Gasteiger charge is 2.59. The van der Waals surface area contributed by atoms with Crippen molar-refractivity contribution in [3.8, 4) is 33.8 Å². The first kappa shape index (κ1) is 82.3. The molecule has 6 aliphatic carbocycles. The zero-order valence-electron chi connectivity index (χ0n) is 65.8. The Morgan fingerprint density at radius 2 is 1.00 bits per heavy atom. The van der Waals surface area contributed by atoms with Crippen molar-refractivity contribution in [1.82, 2.24) is 41.2 Å². The molecule has 12 rings (SSSR count). The standard InChI is InChI=1S/C42H63N5O7.C40H61N5O6/c1-23(2)14-32(21-46(8)9)44-40(51)29-15-28(16-31(17-29)43-26(5)50)33-13-11-12-27(39(33)53-10)20-47-38(37(25(4)49)36(22-48)54-47)41(52)45-35-19-30-18-34(24(35)3)42(30,6)7;1-22(2)13-30(20-44(7)8)42-38(48)27-14-26(15-29(41)16-27)31-12-10-11-25(37(31)50-9)19-45-36(35(24(4)47)34(21-46)51-45)39(49)43-33-18-28-17-32(23(33)3)40(28,5)6/h11-13,15-17,23-25,30,32,34-38,48-49H,14,18-22H2,1-10H3,(H,43,50)(H,44,51)(H,45,52);10-12,14-16,22-24,28,30,32-36,46-47H,13,17-21,41H2,1-9H3,(H,42,48)(H,43,49)/t24-,25-,30+,32-,34-,35-,36-,37+,38-;23-,24-,28+,30-,32-,33-,34-,35+,36-/m00/s1. The molecule has 0 radical (unpaired) electrons. The van der Waals surface area contributed by atoms with Crippen molar-refractivity contribution < 1.29 is 63.5 Å². The third-order valence-corrected chi connectivity index (χ3v) is 24.1. The SMILES string of the molecule is COc1c(CN2O[C@@H](CO)[C@@H]([C@H](C)O)[C@H]2C(=O)N[C@H]2C[C@H]3C[C@@H]([C@@H]2C)C3(C)C)cccc1-c1cc(N)cc(C(=O)N[C@@H](CC(C)C)CN(C)C)c1.COc1c(CN2O[C@@H](CO)[C@@H]([C@H](C)O)[C@H]2C(=O)N[C@H]2C[C@H]3C[C@@H]([C@@H]2C)C3(C)C)cccc1-c1cc(NC(C)=O)cc(C(=O)N[C@@H](CC(C)C)CN(C)C)c1. The molecule has 4 aromatic rings. The predicted molar refractivity (Wildman–Crippen MR) is 409 cm³/mol. The number of hydrogen-bond acceptors (Lipinski definition) is 18. The number of methoxy groups -OCH3 is 2. The second-order valence-electron chi connectivity index (χ2n) is 33.9. The summed E-state index contributed by atoms with van der Waals surface area (Å²) in [4.78, 5) is 84.6. The molecule has 2 saturated heterocycles. The third-order valence-electron chi connectivity index (χ3n) is 24.1. The quantitative estimate of drug-likeness (QED) is 0.0227. The number of hydroxylamine groups is 4. The van der Waals surface area contributed by atoms with E-state index in [0.717, 1.165) is 43.4 Å². The number of carbonyl (C=O) groups is 5. The number of aliphatic hydroxyl groups is 4. The van der Waals surface area contributed by atoms with Gasteiger partial charge in [-0.15, -0.1) is 0 Å². The predicted octanol–water partition coefficient (Wildman–Crippen LogP) is 9.00. The number of amides is 5. The summed E-state index contributed by atoms with van der Waals surface area (Å²) in [5.74, 6) is 2.25. The summed E-state index contributed by atoms with van der Waals surface area (Å²) >= 11 is 0. The number of nitrogen functional groups attached to an aromatic ring is 1. The van der Waals surface area contributed by atoms with Crippen molar-refractivity contribution in [2.45, 2.75) is 202 Å². The van der Waals surface area contributed by atoms with Crippen molar-refractivity contribution in [1.29, 1.82) is 0 Å². The highest BCUT2D eigenvalue weighted by Crippen LogP contribution is 2.62. The molecular weight excluding hydrogens is 1330 g/mol. The van der Waals surface area contributed by atoms with Gasteiger partial charge in [-0.25, -0.2) is 0 Å². The molecule has 5 amide bonds. The van der Waals surface area contributed by atoms with Crippen LogP contribution in [0.15, 0.2) is 72.8 Å². The lowest BCUT2D eigenvalue weighted by Crippen LogP contribution is -2.62. The van der Waals surface area contributed by atoms with Crippen LogP contribution >= 0.6 is 0 Å². The average Bonchev–Trinajstić information content (AvgIpc) is 1.23. The molecule has 8 fully saturated rings. The monoisotopic (exact) mass is 1460 g/mol. The van der Waals surface area contributed by atoms with E-state index in [1.165, 1.54) is 19.8 Å². The molecule has 23 nitrogen and oxygen atoms in total. The molecule has 0 spiro atoms. The van der Waals surface area contributed by atoms with Crippen LogP contribution in [0.1, 0.15) is 160 Å². The number of fused-ring (bicyclic) bond motifs is 4. The van der Waals surface area contributed by atoms with Gasteiger partial charge in [-0.2, -0.15) is 10.1 Å². The Kier molecular flexibility index (Phi) is 27.1. The van der Waals surface area contributed by atoms with Gasteiger partial charge < -0.3 is 72.0 Å². The maximum absolute atomic E-state index is 14.3. The molecule has 0 unspecified atom stereocenters. The molecule has 18 atom stereocenters. The van der Waals surface area contributed by atoms with E-state index in [2.05, 4.69) is 101 Å². The lowest BCUT2D eigenvalue weighted by Gasteiger charge is -2.62. The van der Waals surface area contributed by atoms with E-state index in [0.29, 0.717) is 110 Å². The topological polar surface area (TPSA) is 302 Å². The molecule has 23 heteroatoms. The molecule has 2 aliphatic heterocycles. The Morgan fingerprint density at radius 1 is 0.600 bits per heavy atom. The second-order valence-corrected chi connectivity index (χ2v) is 33.9. The molecule has 11 N–H and O–H groups in total. The summed E-state index contributed by atoms with van der Waals surface area (Å²) in [5, 5.41) is 61.5. The minimum Gasteiger partial charge on any atom is -0.496 e. The zero-order chi connectivity index (χ0) is 77.0. The number of ether oxygens (including phenoxy) is 2. The van der Waals surface area contributed by atoms with Gasteiger partial charge in [0.15, 0.2) is 0 Å². The first-order chi connectivity index (χ1) is 49.5. The Balaban J connectivity index is 0.000000244. The van der Waals surface area contributed by atoms with E-state index < -0.39 is 48.3 Å². The number of benzene rings is 4. The van der Waals surface area contributed by atoms with Crippen molar-refractivity contribution >= 4 is 40.9 Å². The van der Waals surface area contributed by atoms with Crippen LogP contribution in [0.25, 0.3) is 22.3 Å². The maximum atomic E-state index is 14.3. The van der Waals surface area contributed by atoms with Gasteiger partial charge in [-0.05, 0) is 186 Å². The van der Waals surface area contributed by atoms with E-state index in [-0.39, 0.29) is 90.8 Å². The molecular formula is C82H124N10O13. The molecule has 6 saturated carbocycles. The number of para-hydroxylation sites is 2. The van der Waals surface area contributed by atoms with E-state index >= 15 is 0 Å². The van der Waals surface area contributed by atoms with Gasteiger partial charge in [0.05, 0.1) is 52.7 Å². The lowest BCUT2D eigenvalue weighted by atomic mass is 9.45. The van der Waals surface area contributed by atoms with Crippen molar-refractivity contribution in [2.75, 3.05) is 79.8 Å². The summed E-state index contributed by atoms with van der Waals surface area (Å²) in [7, 11) is 11.1. The summed E-state index contributed by atoms with van der Waals surface area (Å²) in [6.07, 6.45) is 2.51. The van der Waals surface area contributed by atoms with Crippen LogP contribution in [-0.2, 0) is 37.1 Å². The molecule has 4 aromatic carbocycles. The largest absolute Gasteiger partial charge is 0.496 e.